The maximum Gasteiger partial charge on any atom is 0.138 e. The van der Waals surface area contributed by atoms with Gasteiger partial charge in [0, 0.05) is 18.5 Å². The highest BCUT2D eigenvalue weighted by molar-refractivity contribution is 5.09. The summed E-state index contributed by atoms with van der Waals surface area (Å²) in [5.41, 5.74) is 6.62. The molecule has 1 aromatic rings. The highest BCUT2D eigenvalue weighted by atomic mass is 15.3. The molecule has 2 fully saturated rings. The number of rotatable bonds is 4. The molecule has 2 saturated carbocycles. The van der Waals surface area contributed by atoms with E-state index in [-0.39, 0.29) is 5.54 Å². The molecule has 0 radical (unpaired) electrons. The Morgan fingerprint density at radius 2 is 2.41 bits per heavy atom. The van der Waals surface area contributed by atoms with Crippen molar-refractivity contribution in [3.63, 3.8) is 0 Å². The number of nitrogens with two attached hydrogens (primary N) is 1. The van der Waals surface area contributed by atoms with E-state index in [0.29, 0.717) is 0 Å². The summed E-state index contributed by atoms with van der Waals surface area (Å²) in [5, 5.41) is 4.29. The molecule has 3 atom stereocenters. The first-order valence-electron chi connectivity index (χ1n) is 6.87. The molecule has 4 nitrogen and oxygen atoms in total. The second-order valence-electron chi connectivity index (χ2n) is 5.89. The van der Waals surface area contributed by atoms with Crippen molar-refractivity contribution in [3.8, 4) is 0 Å². The van der Waals surface area contributed by atoms with Gasteiger partial charge in [0.25, 0.3) is 0 Å². The van der Waals surface area contributed by atoms with Crippen LogP contribution in [0.3, 0.4) is 0 Å². The highest BCUT2D eigenvalue weighted by Gasteiger charge is 2.48. The summed E-state index contributed by atoms with van der Waals surface area (Å²) in [5.74, 6) is 2.69. The van der Waals surface area contributed by atoms with Gasteiger partial charge in [0.2, 0.25) is 0 Å². The van der Waals surface area contributed by atoms with E-state index < -0.39 is 0 Å². The third-order valence-electron chi connectivity index (χ3n) is 4.64. The Bertz CT molecular complexity index is 400. The zero-order chi connectivity index (χ0) is 11.9. The fourth-order valence-corrected chi connectivity index (χ4v) is 3.82. The summed E-state index contributed by atoms with van der Waals surface area (Å²) < 4.78 is 2.03. The van der Waals surface area contributed by atoms with Gasteiger partial charge in [-0.25, -0.2) is 4.98 Å². The fourth-order valence-electron chi connectivity index (χ4n) is 3.82. The molecule has 2 N–H and O–H groups in total. The van der Waals surface area contributed by atoms with E-state index in [4.69, 9.17) is 5.73 Å². The quantitative estimate of drug-likeness (QED) is 0.863. The highest BCUT2D eigenvalue weighted by Crippen LogP contribution is 2.50. The number of hydrogen-bond acceptors (Lipinski definition) is 3. The molecule has 2 aliphatic carbocycles. The van der Waals surface area contributed by atoms with Crippen LogP contribution in [0.15, 0.2) is 6.33 Å². The topological polar surface area (TPSA) is 56.7 Å². The lowest BCUT2D eigenvalue weighted by Crippen LogP contribution is -2.47. The molecule has 3 unspecified atom stereocenters. The molecular formula is C13H22N4. The summed E-state index contributed by atoms with van der Waals surface area (Å²) in [6, 6.07) is 0. The minimum absolute atomic E-state index is 0.00143. The van der Waals surface area contributed by atoms with Gasteiger partial charge in [0.1, 0.15) is 12.2 Å². The Morgan fingerprint density at radius 1 is 1.53 bits per heavy atom. The second-order valence-corrected chi connectivity index (χ2v) is 5.89. The van der Waals surface area contributed by atoms with E-state index in [0.717, 1.165) is 37.0 Å². The summed E-state index contributed by atoms with van der Waals surface area (Å²) >= 11 is 0. The molecule has 0 aliphatic heterocycles. The van der Waals surface area contributed by atoms with Gasteiger partial charge in [-0.3, -0.25) is 4.68 Å². The van der Waals surface area contributed by atoms with E-state index in [2.05, 4.69) is 17.0 Å². The maximum absolute atomic E-state index is 6.62. The first kappa shape index (κ1) is 11.2. The minimum Gasteiger partial charge on any atom is -0.324 e. The summed E-state index contributed by atoms with van der Waals surface area (Å²) in [4.78, 5) is 4.40. The van der Waals surface area contributed by atoms with E-state index in [1.165, 1.54) is 25.7 Å². The van der Waals surface area contributed by atoms with Crippen LogP contribution in [-0.4, -0.2) is 20.3 Å². The van der Waals surface area contributed by atoms with Crippen LogP contribution in [0.1, 0.15) is 44.9 Å². The Morgan fingerprint density at radius 3 is 3.06 bits per heavy atom. The van der Waals surface area contributed by atoms with Gasteiger partial charge in [-0.15, -0.1) is 0 Å². The van der Waals surface area contributed by atoms with Crippen LogP contribution in [-0.2, 0) is 13.0 Å². The Balaban J connectivity index is 1.76. The Hall–Kier alpha value is -0.900. The third-order valence-corrected chi connectivity index (χ3v) is 4.64. The molecule has 2 bridgehead atoms. The van der Waals surface area contributed by atoms with E-state index in [9.17, 15) is 0 Å². The first-order chi connectivity index (χ1) is 8.21. The van der Waals surface area contributed by atoms with Crippen LogP contribution in [0, 0.1) is 11.8 Å². The number of aryl methyl sites for hydroxylation is 1. The third kappa shape index (κ3) is 1.88. The molecular weight excluding hydrogens is 212 g/mol. The first-order valence-corrected chi connectivity index (χ1v) is 6.87. The zero-order valence-electron chi connectivity index (χ0n) is 10.6. The molecule has 0 saturated heterocycles. The predicted molar refractivity (Wildman–Crippen MR) is 66.4 cm³/mol. The zero-order valence-corrected chi connectivity index (χ0v) is 10.6. The molecule has 0 aromatic carbocycles. The average molecular weight is 234 g/mol. The fraction of sp³-hybridized carbons (Fsp3) is 0.846. The molecule has 0 spiro atoms. The second kappa shape index (κ2) is 4.09. The van der Waals surface area contributed by atoms with Crippen molar-refractivity contribution >= 4 is 0 Å². The smallest absolute Gasteiger partial charge is 0.138 e. The van der Waals surface area contributed by atoms with Crippen molar-refractivity contribution in [2.24, 2.45) is 17.6 Å². The van der Waals surface area contributed by atoms with Crippen LogP contribution >= 0.6 is 0 Å². The Labute approximate surface area is 103 Å². The van der Waals surface area contributed by atoms with Gasteiger partial charge in [0.05, 0.1) is 0 Å². The van der Waals surface area contributed by atoms with Crippen molar-refractivity contribution in [1.29, 1.82) is 0 Å². The minimum atomic E-state index is 0.00143. The number of aromatic nitrogens is 3. The van der Waals surface area contributed by atoms with Crippen molar-refractivity contribution in [3.05, 3.63) is 12.2 Å². The van der Waals surface area contributed by atoms with Crippen molar-refractivity contribution in [1.82, 2.24) is 14.8 Å². The van der Waals surface area contributed by atoms with Crippen molar-refractivity contribution in [2.75, 3.05) is 0 Å². The van der Waals surface area contributed by atoms with Gasteiger partial charge < -0.3 is 5.73 Å². The standard InChI is InChI=1S/C13H22N4/c1-2-5-17-12(15-9-16-17)8-13(14)7-10-3-4-11(13)6-10/h9-11H,2-8,14H2,1H3. The monoisotopic (exact) mass is 234 g/mol. The van der Waals surface area contributed by atoms with Crippen LogP contribution in [0.2, 0.25) is 0 Å². The van der Waals surface area contributed by atoms with Gasteiger partial charge in [-0.05, 0) is 37.5 Å². The van der Waals surface area contributed by atoms with Gasteiger partial charge in [-0.2, -0.15) is 5.10 Å². The van der Waals surface area contributed by atoms with E-state index >= 15 is 0 Å². The normalized spacial score (nSPS) is 35.6. The van der Waals surface area contributed by atoms with Gasteiger partial charge in [0.15, 0.2) is 0 Å². The SMILES string of the molecule is CCCn1ncnc1CC1(N)CC2CCC1C2. The summed E-state index contributed by atoms with van der Waals surface area (Å²) in [7, 11) is 0. The van der Waals surface area contributed by atoms with Crippen LogP contribution in [0.4, 0.5) is 0 Å². The number of hydrogen-bond donors (Lipinski definition) is 1. The molecule has 0 amide bonds. The number of nitrogens with zero attached hydrogens (tertiary/aromatic N) is 3. The van der Waals surface area contributed by atoms with Crippen LogP contribution in [0.25, 0.3) is 0 Å². The number of fused-ring (bicyclic) bond motifs is 2. The molecule has 1 aromatic heterocycles. The average Bonchev–Trinajstić information content (AvgIpc) is 2.95. The van der Waals surface area contributed by atoms with E-state index in [1.807, 2.05) is 4.68 Å². The molecule has 94 valence electrons. The van der Waals surface area contributed by atoms with Gasteiger partial charge >= 0.3 is 0 Å². The summed E-state index contributed by atoms with van der Waals surface area (Å²) in [6.07, 6.45) is 8.93. The van der Waals surface area contributed by atoms with Crippen molar-refractivity contribution in [2.45, 2.75) is 57.5 Å². The lowest BCUT2D eigenvalue weighted by atomic mass is 9.79. The molecule has 2 aliphatic rings. The van der Waals surface area contributed by atoms with Crippen molar-refractivity contribution < 1.29 is 0 Å². The van der Waals surface area contributed by atoms with Gasteiger partial charge in [-0.1, -0.05) is 13.3 Å². The lowest BCUT2D eigenvalue weighted by molar-refractivity contribution is 0.261. The molecule has 1 heterocycles. The van der Waals surface area contributed by atoms with E-state index in [1.54, 1.807) is 6.33 Å². The molecule has 4 heteroatoms. The predicted octanol–water partition coefficient (Wildman–Crippen LogP) is 1.75. The van der Waals surface area contributed by atoms with Crippen LogP contribution < -0.4 is 5.73 Å². The Kier molecular flexibility index (Phi) is 2.69. The summed E-state index contributed by atoms with van der Waals surface area (Å²) in [6.45, 7) is 3.13. The molecule has 17 heavy (non-hydrogen) atoms. The van der Waals surface area contributed by atoms with Crippen LogP contribution in [0.5, 0.6) is 0 Å². The largest absolute Gasteiger partial charge is 0.324 e. The molecule has 3 rings (SSSR count). The lowest BCUT2D eigenvalue weighted by Gasteiger charge is -2.33. The maximum atomic E-state index is 6.62.